The topological polar surface area (TPSA) is 66.5 Å². The van der Waals surface area contributed by atoms with Crippen LogP contribution in [0.3, 0.4) is 0 Å². The van der Waals surface area contributed by atoms with Gasteiger partial charge in [0.2, 0.25) is 11.7 Å². The molecule has 5 heteroatoms. The standard InChI is InChI=1S/C8H12N2O3/c1-9-7(12)5-10-4-2-3-6(11)8(10)13/h2-5H2,1H3,(H,9,12). The first kappa shape index (κ1) is 9.70. The zero-order valence-corrected chi connectivity index (χ0v) is 7.50. The van der Waals surface area contributed by atoms with E-state index in [1.54, 1.807) is 0 Å². The lowest BCUT2D eigenvalue weighted by atomic mass is 10.1. The van der Waals surface area contributed by atoms with Crippen molar-refractivity contribution in [1.29, 1.82) is 0 Å². The van der Waals surface area contributed by atoms with Crippen molar-refractivity contribution in [2.75, 3.05) is 20.1 Å². The zero-order valence-electron chi connectivity index (χ0n) is 7.50. The Bertz CT molecular complexity index is 250. The molecule has 2 amide bonds. The van der Waals surface area contributed by atoms with Gasteiger partial charge >= 0.3 is 0 Å². The molecule has 0 bridgehead atoms. The van der Waals surface area contributed by atoms with Crippen molar-refractivity contribution in [3.8, 4) is 0 Å². The third kappa shape index (κ3) is 2.27. The number of likely N-dealkylation sites (tertiary alicyclic amines) is 1. The van der Waals surface area contributed by atoms with Gasteiger partial charge in [0.25, 0.3) is 5.91 Å². The predicted octanol–water partition coefficient (Wildman–Crippen LogP) is -1.08. The maximum Gasteiger partial charge on any atom is 0.290 e. The third-order valence-electron chi connectivity index (χ3n) is 1.97. The molecule has 0 saturated carbocycles. The summed E-state index contributed by atoms with van der Waals surface area (Å²) in [4.78, 5) is 34.3. The van der Waals surface area contributed by atoms with Crippen LogP contribution in [0, 0.1) is 0 Å². The van der Waals surface area contributed by atoms with Crippen LogP contribution in [0.2, 0.25) is 0 Å². The normalized spacial score (nSPS) is 17.5. The van der Waals surface area contributed by atoms with E-state index in [0.29, 0.717) is 19.4 Å². The number of amides is 2. The molecule has 0 atom stereocenters. The molecule has 0 spiro atoms. The summed E-state index contributed by atoms with van der Waals surface area (Å²) in [6, 6.07) is 0. The fourth-order valence-corrected chi connectivity index (χ4v) is 1.22. The molecule has 0 aromatic heterocycles. The van der Waals surface area contributed by atoms with Crippen molar-refractivity contribution in [3.63, 3.8) is 0 Å². The predicted molar refractivity (Wildman–Crippen MR) is 44.9 cm³/mol. The number of carbonyl (C=O) groups excluding carboxylic acids is 3. The van der Waals surface area contributed by atoms with Crippen LogP contribution in [-0.4, -0.2) is 42.6 Å². The van der Waals surface area contributed by atoms with E-state index < -0.39 is 11.7 Å². The first-order valence-electron chi connectivity index (χ1n) is 4.18. The molecule has 1 heterocycles. The quantitative estimate of drug-likeness (QED) is 0.555. The van der Waals surface area contributed by atoms with E-state index in [1.165, 1.54) is 11.9 Å². The van der Waals surface area contributed by atoms with Crippen LogP contribution in [0.4, 0.5) is 0 Å². The molecule has 1 saturated heterocycles. The van der Waals surface area contributed by atoms with E-state index in [4.69, 9.17) is 0 Å². The fourth-order valence-electron chi connectivity index (χ4n) is 1.22. The van der Waals surface area contributed by atoms with Gasteiger partial charge in [-0.15, -0.1) is 0 Å². The Morgan fingerprint density at radius 1 is 1.54 bits per heavy atom. The van der Waals surface area contributed by atoms with Gasteiger partial charge in [-0.3, -0.25) is 14.4 Å². The first-order valence-corrected chi connectivity index (χ1v) is 4.18. The van der Waals surface area contributed by atoms with Crippen LogP contribution in [-0.2, 0) is 14.4 Å². The molecule has 0 aromatic rings. The van der Waals surface area contributed by atoms with Crippen molar-refractivity contribution >= 4 is 17.6 Å². The fraction of sp³-hybridized carbons (Fsp3) is 0.625. The SMILES string of the molecule is CNC(=O)CN1CCCC(=O)C1=O. The average Bonchev–Trinajstić information content (AvgIpc) is 2.13. The minimum atomic E-state index is -0.533. The Labute approximate surface area is 76.1 Å². The highest BCUT2D eigenvalue weighted by Gasteiger charge is 2.27. The number of piperidine rings is 1. The van der Waals surface area contributed by atoms with Crippen LogP contribution in [0.1, 0.15) is 12.8 Å². The summed E-state index contributed by atoms with van der Waals surface area (Å²) in [6.07, 6.45) is 0.963. The molecule has 0 radical (unpaired) electrons. The van der Waals surface area contributed by atoms with Crippen LogP contribution in [0.25, 0.3) is 0 Å². The number of likely N-dealkylation sites (N-methyl/N-ethyl adjacent to an activating group) is 1. The van der Waals surface area contributed by atoms with Crippen molar-refractivity contribution < 1.29 is 14.4 Å². The zero-order chi connectivity index (χ0) is 9.84. The highest BCUT2D eigenvalue weighted by molar-refractivity contribution is 6.36. The average molecular weight is 184 g/mol. The molecule has 1 aliphatic heterocycles. The Morgan fingerprint density at radius 3 is 2.85 bits per heavy atom. The van der Waals surface area contributed by atoms with Gasteiger partial charge in [-0.25, -0.2) is 0 Å². The maximum absolute atomic E-state index is 11.2. The van der Waals surface area contributed by atoms with E-state index in [-0.39, 0.29) is 12.5 Å². The van der Waals surface area contributed by atoms with Gasteiger partial charge in [0.1, 0.15) is 0 Å². The van der Waals surface area contributed by atoms with Gasteiger partial charge < -0.3 is 10.2 Å². The summed E-state index contributed by atoms with van der Waals surface area (Å²) < 4.78 is 0. The Kier molecular flexibility index (Phi) is 3.00. The monoisotopic (exact) mass is 184 g/mol. The Hall–Kier alpha value is -1.39. The highest BCUT2D eigenvalue weighted by atomic mass is 16.2. The number of hydrogen-bond donors (Lipinski definition) is 1. The molecule has 1 N–H and O–H groups in total. The number of ketones is 1. The summed E-state index contributed by atoms with van der Waals surface area (Å²) >= 11 is 0. The van der Waals surface area contributed by atoms with E-state index in [9.17, 15) is 14.4 Å². The number of nitrogens with zero attached hydrogens (tertiary/aromatic N) is 1. The van der Waals surface area contributed by atoms with E-state index in [1.807, 2.05) is 0 Å². The highest BCUT2D eigenvalue weighted by Crippen LogP contribution is 2.06. The first-order chi connectivity index (χ1) is 6.15. The molecular formula is C8H12N2O3. The molecule has 13 heavy (non-hydrogen) atoms. The van der Waals surface area contributed by atoms with Gasteiger partial charge in [0.15, 0.2) is 0 Å². The number of nitrogens with one attached hydrogen (secondary N) is 1. The molecule has 0 aliphatic carbocycles. The van der Waals surface area contributed by atoms with E-state index in [2.05, 4.69) is 5.32 Å². The molecular weight excluding hydrogens is 172 g/mol. The van der Waals surface area contributed by atoms with Gasteiger partial charge in [-0.1, -0.05) is 0 Å². The summed E-state index contributed by atoms with van der Waals surface area (Å²) in [6.45, 7) is 0.485. The lowest BCUT2D eigenvalue weighted by Crippen LogP contribution is -2.46. The molecule has 1 fully saturated rings. The number of carbonyl (C=O) groups is 3. The van der Waals surface area contributed by atoms with Gasteiger partial charge in [-0.05, 0) is 6.42 Å². The number of hydrogen-bond acceptors (Lipinski definition) is 3. The van der Waals surface area contributed by atoms with Gasteiger partial charge in [0.05, 0.1) is 6.54 Å². The van der Waals surface area contributed by atoms with Gasteiger partial charge in [0, 0.05) is 20.0 Å². The minimum Gasteiger partial charge on any atom is -0.358 e. The molecule has 5 nitrogen and oxygen atoms in total. The maximum atomic E-state index is 11.2. The van der Waals surface area contributed by atoms with Crippen molar-refractivity contribution in [2.45, 2.75) is 12.8 Å². The summed E-state index contributed by atoms with van der Waals surface area (Å²) in [7, 11) is 1.50. The Morgan fingerprint density at radius 2 is 2.23 bits per heavy atom. The van der Waals surface area contributed by atoms with Gasteiger partial charge in [-0.2, -0.15) is 0 Å². The lowest BCUT2D eigenvalue weighted by molar-refractivity contribution is -0.148. The second-order valence-electron chi connectivity index (χ2n) is 2.93. The number of Topliss-reactive ketones (excluding diaryl/α,β-unsaturated/α-hetero) is 1. The van der Waals surface area contributed by atoms with Crippen LogP contribution >= 0.6 is 0 Å². The van der Waals surface area contributed by atoms with Crippen LogP contribution in [0.15, 0.2) is 0 Å². The van der Waals surface area contributed by atoms with Crippen LogP contribution in [0.5, 0.6) is 0 Å². The number of rotatable bonds is 2. The Balaban J connectivity index is 2.54. The lowest BCUT2D eigenvalue weighted by Gasteiger charge is -2.24. The molecule has 1 rings (SSSR count). The van der Waals surface area contributed by atoms with Crippen molar-refractivity contribution in [3.05, 3.63) is 0 Å². The molecule has 1 aliphatic rings. The smallest absolute Gasteiger partial charge is 0.290 e. The summed E-state index contributed by atoms with van der Waals surface area (Å²) in [5.74, 6) is -1.17. The van der Waals surface area contributed by atoms with E-state index >= 15 is 0 Å². The van der Waals surface area contributed by atoms with Crippen molar-refractivity contribution in [2.24, 2.45) is 0 Å². The molecule has 0 unspecified atom stereocenters. The molecule has 0 aromatic carbocycles. The summed E-state index contributed by atoms with van der Waals surface area (Å²) in [5.41, 5.74) is 0. The van der Waals surface area contributed by atoms with Crippen molar-refractivity contribution in [1.82, 2.24) is 10.2 Å². The third-order valence-corrected chi connectivity index (χ3v) is 1.97. The molecule has 72 valence electrons. The largest absolute Gasteiger partial charge is 0.358 e. The second-order valence-corrected chi connectivity index (χ2v) is 2.93. The minimum absolute atomic E-state index is 0.0128. The second kappa shape index (κ2) is 4.02. The van der Waals surface area contributed by atoms with Crippen LogP contribution < -0.4 is 5.32 Å². The summed E-state index contributed by atoms with van der Waals surface area (Å²) in [5, 5.41) is 2.40. The van der Waals surface area contributed by atoms with E-state index in [0.717, 1.165) is 0 Å².